The lowest BCUT2D eigenvalue weighted by atomic mass is 9.70. The predicted molar refractivity (Wildman–Crippen MR) is 191 cm³/mol. The van der Waals surface area contributed by atoms with Crippen LogP contribution in [0.1, 0.15) is 13.7 Å². The average molecular weight is 582 g/mol. The quantitative estimate of drug-likeness (QED) is 0.195. The monoisotopic (exact) mass is 581 g/mol. The summed E-state index contributed by atoms with van der Waals surface area (Å²) < 4.78 is 87.0. The van der Waals surface area contributed by atoms with Crippen LogP contribution in [0.5, 0.6) is 0 Å². The molecule has 8 aromatic rings. The minimum Gasteiger partial charge on any atom is -0.310 e. The lowest BCUT2D eigenvalue weighted by Gasteiger charge is -2.33. The largest absolute Gasteiger partial charge is 0.310 e. The second kappa shape index (κ2) is 10.4. The van der Waals surface area contributed by atoms with Crippen LogP contribution in [0.3, 0.4) is 0 Å². The Morgan fingerprint density at radius 3 is 1.36 bits per heavy atom. The smallest absolute Gasteiger partial charge is 0.0629 e. The minimum absolute atomic E-state index is 0.0323. The lowest BCUT2D eigenvalue weighted by Crippen LogP contribution is -2.10. The highest BCUT2D eigenvalue weighted by Crippen LogP contribution is 2.59. The van der Waals surface area contributed by atoms with Gasteiger partial charge in [-0.05, 0) is 115 Å². The molecule has 0 unspecified atom stereocenters. The Hall–Kier alpha value is -5.92. The van der Waals surface area contributed by atoms with Gasteiger partial charge in [0.1, 0.15) is 0 Å². The Morgan fingerprint density at radius 2 is 0.844 bits per heavy atom. The first kappa shape index (κ1) is 17.4. The molecular formula is C44H29N. The van der Waals surface area contributed by atoms with E-state index in [4.69, 9.17) is 13.7 Å². The summed E-state index contributed by atoms with van der Waals surface area (Å²) in [6.45, 7) is 0. The Kier molecular flexibility index (Phi) is 4.01. The first-order valence-corrected chi connectivity index (χ1v) is 14.7. The number of nitrogens with zero attached hydrogens (tertiary/aromatic N) is 1. The molecule has 0 atom stereocenters. The van der Waals surface area contributed by atoms with Crippen LogP contribution in [0.2, 0.25) is 0 Å². The first-order valence-electron chi connectivity index (χ1n) is 19.7. The Morgan fingerprint density at radius 1 is 0.378 bits per heavy atom. The molecule has 0 fully saturated rings. The fourth-order valence-corrected chi connectivity index (χ4v) is 6.62. The van der Waals surface area contributed by atoms with Crippen LogP contribution in [0, 0.1) is 0 Å². The number of hydrogen-bond acceptors (Lipinski definition) is 1. The molecule has 0 aromatic heterocycles. The highest BCUT2D eigenvalue weighted by Gasteiger charge is 2.32. The molecule has 1 nitrogen and oxygen atoms in total. The third-order valence-electron chi connectivity index (χ3n) is 8.50. The molecule has 0 N–H and O–H groups in total. The van der Waals surface area contributed by atoms with Gasteiger partial charge in [-0.15, -0.1) is 0 Å². The van der Waals surface area contributed by atoms with Crippen molar-refractivity contribution in [2.45, 2.75) is 0 Å². The molecule has 1 aliphatic carbocycles. The molecule has 0 bridgehead atoms. The number of benzene rings is 8. The van der Waals surface area contributed by atoms with Gasteiger partial charge in [0.15, 0.2) is 0 Å². The Bertz CT molecular complexity index is 2830. The van der Waals surface area contributed by atoms with Gasteiger partial charge in [0, 0.05) is 17.1 Å². The molecular weight excluding hydrogens is 542 g/mol. The summed E-state index contributed by atoms with van der Waals surface area (Å²) in [5.41, 5.74) is 6.48. The van der Waals surface area contributed by atoms with Gasteiger partial charge in [-0.2, -0.15) is 0 Å². The van der Waals surface area contributed by atoms with Crippen LogP contribution in [0.25, 0.3) is 66.1 Å². The number of anilines is 3. The molecule has 0 amide bonds. The summed E-state index contributed by atoms with van der Waals surface area (Å²) >= 11 is 0. The van der Waals surface area contributed by atoms with E-state index < -0.39 is 36.3 Å². The zero-order chi connectivity index (χ0) is 38.4. The molecule has 210 valence electrons. The zero-order valence-electron chi connectivity index (χ0n) is 33.9. The van der Waals surface area contributed by atoms with E-state index in [1.165, 1.54) is 0 Å². The zero-order valence-corrected chi connectivity index (χ0v) is 23.9. The van der Waals surface area contributed by atoms with Gasteiger partial charge in [-0.1, -0.05) is 127 Å². The maximum Gasteiger partial charge on any atom is 0.0629 e. The molecule has 0 spiro atoms. The molecule has 1 heteroatoms. The number of para-hydroxylation sites is 2. The van der Waals surface area contributed by atoms with E-state index in [0.29, 0.717) is 33.0 Å². The number of rotatable bonds is 5. The topological polar surface area (TPSA) is 3.24 Å². The van der Waals surface area contributed by atoms with Gasteiger partial charge >= 0.3 is 0 Å². The van der Waals surface area contributed by atoms with Crippen molar-refractivity contribution in [2.75, 3.05) is 4.90 Å². The SMILES string of the molecule is [2H]c1c([2H])c([2H])c(-c2c3c(c(-c4c([2H])c([2H])c([2H])c([2H])c4[2H])c4ccccc24)-c2cc4cc(N(c5ccccc5)c5ccccc5)ccc4cc2-3)c([2H])c1[2H]. The highest BCUT2D eigenvalue weighted by atomic mass is 15.1. The van der Waals surface area contributed by atoms with Gasteiger partial charge in [0.05, 0.1) is 13.7 Å². The molecule has 9 rings (SSSR count). The van der Waals surface area contributed by atoms with E-state index in [2.05, 4.69) is 11.0 Å². The van der Waals surface area contributed by atoms with Crippen molar-refractivity contribution in [3.05, 3.63) is 176 Å². The van der Waals surface area contributed by atoms with Crippen molar-refractivity contribution in [2.24, 2.45) is 0 Å². The molecule has 0 saturated carbocycles. The van der Waals surface area contributed by atoms with Crippen LogP contribution < -0.4 is 4.90 Å². The van der Waals surface area contributed by atoms with Gasteiger partial charge < -0.3 is 4.90 Å². The van der Waals surface area contributed by atoms with Gasteiger partial charge in [-0.25, -0.2) is 0 Å². The molecule has 45 heavy (non-hydrogen) atoms. The molecule has 0 aliphatic heterocycles. The second-order valence-electron chi connectivity index (χ2n) is 11.0. The summed E-state index contributed by atoms with van der Waals surface area (Å²) in [6, 6.07) is 33.2. The highest BCUT2D eigenvalue weighted by molar-refractivity contribution is 6.25. The number of hydrogen-bond donors (Lipinski definition) is 0. The fourth-order valence-electron chi connectivity index (χ4n) is 6.62. The van der Waals surface area contributed by atoms with Crippen molar-refractivity contribution < 1.29 is 13.7 Å². The summed E-state index contributed by atoms with van der Waals surface area (Å²) in [4.78, 5) is 2.16. The van der Waals surface area contributed by atoms with Gasteiger partial charge in [-0.3, -0.25) is 0 Å². The summed E-state index contributed by atoms with van der Waals surface area (Å²) in [6.07, 6.45) is 0. The van der Waals surface area contributed by atoms with Crippen molar-refractivity contribution >= 4 is 38.6 Å². The van der Waals surface area contributed by atoms with E-state index in [9.17, 15) is 0 Å². The molecule has 8 aromatic carbocycles. The fraction of sp³-hybridized carbons (Fsp3) is 0. The summed E-state index contributed by atoms with van der Waals surface area (Å²) in [5.74, 6) is 0. The average Bonchev–Trinajstić information content (AvgIpc) is 3.21. The van der Waals surface area contributed by atoms with E-state index in [0.717, 1.165) is 39.0 Å². The van der Waals surface area contributed by atoms with E-state index >= 15 is 0 Å². The lowest BCUT2D eigenvalue weighted by molar-refractivity contribution is 1.29. The van der Waals surface area contributed by atoms with Gasteiger partial charge in [0.25, 0.3) is 0 Å². The van der Waals surface area contributed by atoms with E-state index in [1.807, 2.05) is 84.9 Å². The van der Waals surface area contributed by atoms with Crippen LogP contribution in [-0.4, -0.2) is 0 Å². The molecule has 0 radical (unpaired) electrons. The van der Waals surface area contributed by atoms with Crippen LogP contribution in [0.15, 0.2) is 176 Å². The van der Waals surface area contributed by atoms with Crippen molar-refractivity contribution in [3.8, 4) is 44.5 Å². The van der Waals surface area contributed by atoms with E-state index in [-0.39, 0.29) is 35.3 Å². The summed E-state index contributed by atoms with van der Waals surface area (Å²) in [7, 11) is 0. The minimum atomic E-state index is -0.502. The molecule has 0 saturated heterocycles. The van der Waals surface area contributed by atoms with Crippen molar-refractivity contribution in [1.29, 1.82) is 0 Å². The third kappa shape index (κ3) is 4.09. The summed E-state index contributed by atoms with van der Waals surface area (Å²) in [5, 5.41) is 2.85. The Labute approximate surface area is 277 Å². The van der Waals surface area contributed by atoms with Crippen LogP contribution in [0.4, 0.5) is 17.1 Å². The first-order chi connectivity index (χ1) is 26.5. The Balaban J connectivity index is 1.39. The standard InChI is InChI=1S/C44H29N/c1-5-15-30(16-6-1)41-37-23-13-14-24-38(37)42(31-17-7-2-8-18-31)44-40-29-33-27-36(26-25-32(33)28-39(40)43(41)44)45(34-19-9-3-10-20-34)35-21-11-4-12-22-35/h1-29H/i1D,2D,5D,6D,7D,8D,15D,16D,17D,18D. The van der Waals surface area contributed by atoms with E-state index in [1.54, 1.807) is 24.3 Å². The van der Waals surface area contributed by atoms with Crippen LogP contribution >= 0.6 is 0 Å². The van der Waals surface area contributed by atoms with Crippen molar-refractivity contribution in [3.63, 3.8) is 0 Å². The van der Waals surface area contributed by atoms with Crippen LogP contribution in [-0.2, 0) is 0 Å². The molecule has 1 aliphatic rings. The van der Waals surface area contributed by atoms with Crippen molar-refractivity contribution in [1.82, 2.24) is 0 Å². The maximum atomic E-state index is 9.05. The maximum absolute atomic E-state index is 9.05. The number of fused-ring (bicyclic) bond motifs is 6. The normalized spacial score (nSPS) is 14.7. The van der Waals surface area contributed by atoms with Gasteiger partial charge in [0.2, 0.25) is 0 Å². The predicted octanol–water partition coefficient (Wildman–Crippen LogP) is 12.4. The molecule has 0 heterocycles. The second-order valence-corrected chi connectivity index (χ2v) is 11.0. The third-order valence-corrected chi connectivity index (χ3v) is 8.50.